The molecule has 8 heteroatoms. The molecule has 5 unspecified atom stereocenters. The molecule has 0 aromatic heterocycles. The van der Waals surface area contributed by atoms with Crippen LogP contribution in [0.25, 0.3) is 0 Å². The van der Waals surface area contributed by atoms with E-state index in [2.05, 4.69) is 5.32 Å². The van der Waals surface area contributed by atoms with Gasteiger partial charge in [-0.05, 0) is 26.8 Å². The van der Waals surface area contributed by atoms with E-state index < -0.39 is 35.3 Å². The molecule has 4 rings (SSSR count). The fraction of sp³-hybridized carbons (Fsp3) is 0.591. The molecule has 0 aliphatic carbocycles. The molecule has 4 aliphatic rings. The summed E-state index contributed by atoms with van der Waals surface area (Å²) in [5.41, 5.74) is -0.167. The standard InChI is InChI=1S/C22H27NO7/c1-10(6-7-13(24)15-14(25)9-23-20(15)27)8-11(2)17-12(3)18-16(26)19-21(4,30-19)22(5,28-17)29-18/h6-8,11-12,17-19,24H,9H2,1-5H3,(H,23,27)/t11-,12?,17?,18?,19?,21+,22?/m1/s1. The Morgan fingerprint density at radius 1 is 1.20 bits per heavy atom. The molecule has 0 saturated carbocycles. The molecule has 1 amide bonds. The molecule has 30 heavy (non-hydrogen) atoms. The number of nitrogens with one attached hydrogen (secondary N) is 1. The molecule has 2 bridgehead atoms. The molecule has 2 N–H and O–H groups in total. The normalized spacial score (nSPS) is 43.5. The topological polar surface area (TPSA) is 114 Å². The van der Waals surface area contributed by atoms with Gasteiger partial charge in [-0.3, -0.25) is 14.4 Å². The van der Waals surface area contributed by atoms with Crippen molar-refractivity contribution >= 4 is 17.5 Å². The molecule has 7 atom stereocenters. The summed E-state index contributed by atoms with van der Waals surface area (Å²) in [6.45, 7) is 9.34. The predicted octanol–water partition coefficient (Wildman–Crippen LogP) is 1.51. The maximum Gasteiger partial charge on any atom is 0.259 e. The Labute approximate surface area is 174 Å². The van der Waals surface area contributed by atoms with Crippen LogP contribution in [0.2, 0.25) is 0 Å². The van der Waals surface area contributed by atoms with Crippen molar-refractivity contribution in [2.75, 3.05) is 6.54 Å². The predicted molar refractivity (Wildman–Crippen MR) is 105 cm³/mol. The fourth-order valence-electron chi connectivity index (χ4n) is 4.67. The van der Waals surface area contributed by atoms with Crippen LogP contribution in [0.1, 0.15) is 34.6 Å². The molecule has 4 fully saturated rings. The van der Waals surface area contributed by atoms with Gasteiger partial charge in [0.05, 0.1) is 12.6 Å². The van der Waals surface area contributed by atoms with Crippen LogP contribution >= 0.6 is 0 Å². The first-order valence-corrected chi connectivity index (χ1v) is 10.2. The lowest BCUT2D eigenvalue weighted by atomic mass is 9.78. The lowest BCUT2D eigenvalue weighted by molar-refractivity contribution is -0.350. The van der Waals surface area contributed by atoms with E-state index in [4.69, 9.17) is 14.2 Å². The van der Waals surface area contributed by atoms with Crippen molar-refractivity contribution in [1.29, 1.82) is 0 Å². The van der Waals surface area contributed by atoms with Gasteiger partial charge in [0.1, 0.15) is 17.4 Å². The highest BCUT2D eigenvalue weighted by molar-refractivity contribution is 6.25. The summed E-state index contributed by atoms with van der Waals surface area (Å²) in [6.07, 6.45) is 3.64. The van der Waals surface area contributed by atoms with Gasteiger partial charge in [-0.2, -0.15) is 0 Å². The molecule has 4 heterocycles. The highest BCUT2D eigenvalue weighted by Gasteiger charge is 2.76. The minimum absolute atomic E-state index is 0.0281. The fourth-order valence-corrected chi connectivity index (χ4v) is 4.67. The number of amides is 1. The molecule has 0 aromatic rings. The zero-order valence-electron chi connectivity index (χ0n) is 17.7. The average molecular weight is 417 g/mol. The van der Waals surface area contributed by atoms with Crippen molar-refractivity contribution in [2.24, 2.45) is 11.8 Å². The third-order valence-corrected chi connectivity index (χ3v) is 6.67. The average Bonchev–Trinajstić information content (AvgIpc) is 3.29. The Morgan fingerprint density at radius 2 is 1.90 bits per heavy atom. The van der Waals surface area contributed by atoms with Crippen molar-refractivity contribution in [3.63, 3.8) is 0 Å². The van der Waals surface area contributed by atoms with Crippen LogP contribution in [0, 0.1) is 11.8 Å². The van der Waals surface area contributed by atoms with E-state index in [9.17, 15) is 19.5 Å². The number of ether oxygens (including phenoxy) is 3. The van der Waals surface area contributed by atoms with E-state index in [-0.39, 0.29) is 41.6 Å². The Balaban J connectivity index is 1.51. The maximum absolute atomic E-state index is 12.7. The second-order valence-corrected chi connectivity index (χ2v) is 8.90. The molecule has 0 aromatic carbocycles. The third kappa shape index (κ3) is 3.05. The van der Waals surface area contributed by atoms with E-state index in [1.165, 1.54) is 6.08 Å². The van der Waals surface area contributed by atoms with Gasteiger partial charge < -0.3 is 24.6 Å². The number of rotatable bonds is 4. The molecular formula is C22H27NO7. The minimum Gasteiger partial charge on any atom is -0.507 e. The largest absolute Gasteiger partial charge is 0.507 e. The number of fused-ring (bicyclic) bond motifs is 4. The van der Waals surface area contributed by atoms with Gasteiger partial charge in [-0.15, -0.1) is 0 Å². The monoisotopic (exact) mass is 417 g/mol. The van der Waals surface area contributed by atoms with Crippen LogP contribution in [-0.4, -0.2) is 58.8 Å². The number of Topliss-reactive ketones (excluding diaryl/α,β-unsaturated/α-hetero) is 2. The van der Waals surface area contributed by atoms with Crippen LogP contribution in [0.3, 0.4) is 0 Å². The SMILES string of the molecule is CC(C=CC(O)=C1C(=O)CNC1=O)=C[C@@H](C)C1OC2(C)OC(C(=O)C3O[C@@]32C)C1C. The summed E-state index contributed by atoms with van der Waals surface area (Å²) in [4.78, 5) is 36.0. The van der Waals surface area contributed by atoms with Gasteiger partial charge in [-0.25, -0.2) is 0 Å². The van der Waals surface area contributed by atoms with E-state index in [1.807, 2.05) is 40.7 Å². The van der Waals surface area contributed by atoms with Crippen molar-refractivity contribution in [1.82, 2.24) is 5.32 Å². The summed E-state index contributed by atoms with van der Waals surface area (Å²) >= 11 is 0. The Morgan fingerprint density at radius 3 is 2.53 bits per heavy atom. The highest BCUT2D eigenvalue weighted by atomic mass is 16.8. The zero-order chi connectivity index (χ0) is 22.0. The molecule has 4 aliphatic heterocycles. The summed E-state index contributed by atoms with van der Waals surface area (Å²) in [5, 5.41) is 12.5. The first-order chi connectivity index (χ1) is 14.0. The van der Waals surface area contributed by atoms with Gasteiger partial charge in [0.15, 0.2) is 29.1 Å². The van der Waals surface area contributed by atoms with E-state index >= 15 is 0 Å². The van der Waals surface area contributed by atoms with Gasteiger partial charge in [0.2, 0.25) is 0 Å². The Hall–Kier alpha value is -2.29. The number of hydrogen-bond donors (Lipinski definition) is 2. The summed E-state index contributed by atoms with van der Waals surface area (Å²) in [6, 6.07) is 0. The Kier molecular flexibility index (Phi) is 4.80. The number of carbonyl (C=O) groups excluding carboxylic acids is 3. The van der Waals surface area contributed by atoms with Crippen molar-refractivity contribution in [2.45, 2.75) is 64.3 Å². The molecule has 4 saturated heterocycles. The first kappa shape index (κ1) is 21.0. The Bertz CT molecular complexity index is 900. The van der Waals surface area contributed by atoms with E-state index in [0.29, 0.717) is 0 Å². The number of carbonyl (C=O) groups is 3. The van der Waals surface area contributed by atoms with Crippen LogP contribution < -0.4 is 5.32 Å². The number of ketones is 2. The summed E-state index contributed by atoms with van der Waals surface area (Å²) in [5.74, 6) is -2.59. The van der Waals surface area contributed by atoms with Gasteiger partial charge in [-0.1, -0.05) is 31.6 Å². The summed E-state index contributed by atoms with van der Waals surface area (Å²) < 4.78 is 18.0. The van der Waals surface area contributed by atoms with Crippen LogP contribution in [0.5, 0.6) is 0 Å². The van der Waals surface area contributed by atoms with E-state index in [1.54, 1.807) is 6.08 Å². The second-order valence-electron chi connectivity index (χ2n) is 8.90. The minimum atomic E-state index is -0.988. The summed E-state index contributed by atoms with van der Waals surface area (Å²) in [7, 11) is 0. The number of epoxide rings is 1. The van der Waals surface area contributed by atoms with Crippen molar-refractivity contribution < 1.29 is 33.7 Å². The molecule has 8 nitrogen and oxygen atoms in total. The number of hydrogen-bond acceptors (Lipinski definition) is 7. The molecule has 0 radical (unpaired) electrons. The van der Waals surface area contributed by atoms with Crippen molar-refractivity contribution in [3.05, 3.63) is 35.1 Å². The third-order valence-electron chi connectivity index (χ3n) is 6.67. The van der Waals surface area contributed by atoms with Gasteiger partial charge in [0, 0.05) is 11.8 Å². The van der Waals surface area contributed by atoms with Gasteiger partial charge >= 0.3 is 0 Å². The quantitative estimate of drug-likeness (QED) is 0.234. The highest BCUT2D eigenvalue weighted by Crippen LogP contribution is 2.57. The number of aliphatic hydroxyl groups is 1. The molecule has 162 valence electrons. The maximum atomic E-state index is 12.7. The lowest BCUT2D eigenvalue weighted by Gasteiger charge is -2.51. The molecule has 0 spiro atoms. The molecular weight excluding hydrogens is 390 g/mol. The number of allylic oxidation sites excluding steroid dienone is 3. The van der Waals surface area contributed by atoms with Crippen molar-refractivity contribution in [3.8, 4) is 0 Å². The second kappa shape index (κ2) is 6.87. The van der Waals surface area contributed by atoms with Crippen LogP contribution in [0.4, 0.5) is 0 Å². The van der Waals surface area contributed by atoms with E-state index in [0.717, 1.165) is 5.57 Å². The lowest BCUT2D eigenvalue weighted by Crippen LogP contribution is -2.66. The van der Waals surface area contributed by atoms with Gasteiger partial charge in [0.25, 0.3) is 5.91 Å². The first-order valence-electron chi connectivity index (χ1n) is 10.2. The smallest absolute Gasteiger partial charge is 0.259 e. The zero-order valence-corrected chi connectivity index (χ0v) is 17.7. The van der Waals surface area contributed by atoms with Crippen LogP contribution in [-0.2, 0) is 28.6 Å². The van der Waals surface area contributed by atoms with Crippen LogP contribution in [0.15, 0.2) is 35.1 Å². The number of aliphatic hydroxyl groups excluding tert-OH is 1.